The Hall–Kier alpha value is -3.43. The normalized spacial score (nSPS) is 19.9. The lowest BCUT2D eigenvalue weighted by atomic mass is 9.98. The molecule has 3 aliphatic rings. The van der Waals surface area contributed by atoms with E-state index in [1.807, 2.05) is 48.5 Å². The summed E-state index contributed by atoms with van der Waals surface area (Å²) < 4.78 is 16.5. The summed E-state index contributed by atoms with van der Waals surface area (Å²) in [5.41, 5.74) is 2.60. The van der Waals surface area contributed by atoms with Crippen LogP contribution in [0.2, 0.25) is 0 Å². The van der Waals surface area contributed by atoms with Crippen LogP contribution < -0.4 is 9.47 Å². The van der Waals surface area contributed by atoms with E-state index in [0.29, 0.717) is 37.7 Å². The molecule has 2 amide bonds. The van der Waals surface area contributed by atoms with Gasteiger partial charge in [0.05, 0.1) is 39.2 Å². The van der Waals surface area contributed by atoms with Crippen LogP contribution in [0.1, 0.15) is 49.3 Å². The van der Waals surface area contributed by atoms with Gasteiger partial charge in [-0.1, -0.05) is 43.2 Å². The monoisotopic (exact) mass is 548 g/mol. The molecule has 1 atom stereocenters. The Morgan fingerprint density at radius 2 is 1.77 bits per heavy atom. The summed E-state index contributed by atoms with van der Waals surface area (Å²) >= 11 is 0. The SMILES string of the molecule is COc1ccc(C2=NN(C(=O)CN(CCN3CCOCC3)C(=O)C3CCCC3)[C@H](c3ccccc3)C2)c(OC)c1. The van der Waals surface area contributed by atoms with E-state index < -0.39 is 0 Å². The summed E-state index contributed by atoms with van der Waals surface area (Å²) in [6.07, 6.45) is 4.49. The summed E-state index contributed by atoms with van der Waals surface area (Å²) in [4.78, 5) is 31.7. The number of ether oxygens (including phenoxy) is 3. The molecule has 1 saturated carbocycles. The van der Waals surface area contributed by atoms with Gasteiger partial charge < -0.3 is 19.1 Å². The van der Waals surface area contributed by atoms with Crippen LogP contribution in [0.25, 0.3) is 0 Å². The lowest BCUT2D eigenvalue weighted by Gasteiger charge is -2.32. The van der Waals surface area contributed by atoms with Crippen molar-refractivity contribution >= 4 is 17.5 Å². The van der Waals surface area contributed by atoms with Crippen molar-refractivity contribution in [2.45, 2.75) is 38.1 Å². The average Bonchev–Trinajstić information content (AvgIpc) is 3.71. The van der Waals surface area contributed by atoms with Gasteiger partial charge in [0.2, 0.25) is 5.91 Å². The highest BCUT2D eigenvalue weighted by Gasteiger charge is 2.36. The number of morpholine rings is 1. The van der Waals surface area contributed by atoms with E-state index >= 15 is 0 Å². The molecule has 2 aromatic carbocycles. The zero-order chi connectivity index (χ0) is 27.9. The second-order valence-corrected chi connectivity index (χ2v) is 10.7. The van der Waals surface area contributed by atoms with Crippen LogP contribution in [0.5, 0.6) is 11.5 Å². The van der Waals surface area contributed by atoms with Crippen molar-refractivity contribution < 1.29 is 23.8 Å². The fourth-order valence-electron chi connectivity index (χ4n) is 5.90. The molecule has 0 unspecified atom stereocenters. The van der Waals surface area contributed by atoms with E-state index in [2.05, 4.69) is 4.90 Å². The summed E-state index contributed by atoms with van der Waals surface area (Å²) in [5, 5.41) is 6.44. The molecule has 2 aliphatic heterocycles. The van der Waals surface area contributed by atoms with Crippen molar-refractivity contribution in [1.82, 2.24) is 14.8 Å². The maximum absolute atomic E-state index is 14.0. The average molecular weight is 549 g/mol. The van der Waals surface area contributed by atoms with E-state index in [1.54, 1.807) is 24.1 Å². The number of nitrogens with zero attached hydrogens (tertiary/aromatic N) is 4. The molecule has 0 spiro atoms. The first kappa shape index (κ1) is 28.1. The van der Waals surface area contributed by atoms with Crippen molar-refractivity contribution in [2.24, 2.45) is 11.0 Å². The van der Waals surface area contributed by atoms with E-state index in [9.17, 15) is 9.59 Å². The van der Waals surface area contributed by atoms with Gasteiger partial charge in [0, 0.05) is 50.1 Å². The Morgan fingerprint density at radius 1 is 1.02 bits per heavy atom. The van der Waals surface area contributed by atoms with Gasteiger partial charge in [0.1, 0.15) is 18.0 Å². The molecule has 0 N–H and O–H groups in total. The molecule has 2 heterocycles. The molecule has 40 heavy (non-hydrogen) atoms. The third kappa shape index (κ3) is 6.47. The lowest BCUT2D eigenvalue weighted by molar-refractivity contribution is -0.144. The first-order valence-electron chi connectivity index (χ1n) is 14.3. The van der Waals surface area contributed by atoms with Crippen LogP contribution in [0.4, 0.5) is 0 Å². The predicted octanol–water partition coefficient (Wildman–Crippen LogP) is 3.73. The van der Waals surface area contributed by atoms with Gasteiger partial charge in [-0.15, -0.1) is 0 Å². The van der Waals surface area contributed by atoms with Crippen LogP contribution in [-0.2, 0) is 14.3 Å². The van der Waals surface area contributed by atoms with Crippen molar-refractivity contribution in [3.8, 4) is 11.5 Å². The minimum atomic E-state index is -0.266. The molecule has 0 bridgehead atoms. The Labute approximate surface area is 236 Å². The Bertz CT molecular complexity index is 1190. The third-order valence-electron chi connectivity index (χ3n) is 8.20. The zero-order valence-corrected chi connectivity index (χ0v) is 23.6. The second kappa shape index (κ2) is 13.3. The van der Waals surface area contributed by atoms with Crippen LogP contribution in [0.15, 0.2) is 53.6 Å². The number of amides is 2. The van der Waals surface area contributed by atoms with Gasteiger partial charge in [-0.2, -0.15) is 5.10 Å². The molecular weight excluding hydrogens is 508 g/mol. The van der Waals surface area contributed by atoms with E-state index in [1.165, 1.54) is 0 Å². The van der Waals surface area contributed by atoms with E-state index in [0.717, 1.165) is 62.2 Å². The number of benzene rings is 2. The van der Waals surface area contributed by atoms with Gasteiger partial charge in [0.15, 0.2) is 0 Å². The fraction of sp³-hybridized carbons (Fsp3) is 0.516. The number of carbonyl (C=O) groups excluding carboxylic acids is 2. The topological polar surface area (TPSA) is 83.9 Å². The highest BCUT2D eigenvalue weighted by molar-refractivity contribution is 6.05. The summed E-state index contributed by atoms with van der Waals surface area (Å²) in [6, 6.07) is 15.3. The van der Waals surface area contributed by atoms with Crippen LogP contribution >= 0.6 is 0 Å². The Kier molecular flexibility index (Phi) is 9.34. The van der Waals surface area contributed by atoms with Gasteiger partial charge in [-0.3, -0.25) is 14.5 Å². The summed E-state index contributed by atoms with van der Waals surface area (Å²) in [6.45, 7) is 4.36. The van der Waals surface area contributed by atoms with Crippen LogP contribution in [0.3, 0.4) is 0 Å². The van der Waals surface area contributed by atoms with Gasteiger partial charge >= 0.3 is 0 Å². The highest BCUT2D eigenvalue weighted by Crippen LogP contribution is 2.36. The number of hydrogen-bond acceptors (Lipinski definition) is 7. The molecule has 1 aliphatic carbocycles. The quantitative estimate of drug-likeness (QED) is 0.450. The molecule has 214 valence electrons. The molecule has 9 heteroatoms. The predicted molar refractivity (Wildman–Crippen MR) is 153 cm³/mol. The van der Waals surface area contributed by atoms with Crippen molar-refractivity contribution in [2.75, 3.05) is 60.2 Å². The minimum absolute atomic E-state index is 0.00334. The molecule has 0 radical (unpaired) electrons. The number of rotatable bonds is 10. The Balaban J connectivity index is 1.40. The molecule has 1 saturated heterocycles. The fourth-order valence-corrected chi connectivity index (χ4v) is 5.90. The molecule has 9 nitrogen and oxygen atoms in total. The highest BCUT2D eigenvalue weighted by atomic mass is 16.5. The second-order valence-electron chi connectivity index (χ2n) is 10.7. The van der Waals surface area contributed by atoms with Gasteiger partial charge in [0.25, 0.3) is 5.91 Å². The van der Waals surface area contributed by atoms with Gasteiger partial charge in [-0.25, -0.2) is 5.01 Å². The van der Waals surface area contributed by atoms with Crippen LogP contribution in [0, 0.1) is 5.92 Å². The first-order valence-corrected chi connectivity index (χ1v) is 14.3. The maximum atomic E-state index is 14.0. The smallest absolute Gasteiger partial charge is 0.262 e. The minimum Gasteiger partial charge on any atom is -0.497 e. The number of methoxy groups -OCH3 is 2. The third-order valence-corrected chi connectivity index (χ3v) is 8.20. The number of hydrogen-bond donors (Lipinski definition) is 0. The molecule has 5 rings (SSSR count). The number of carbonyl (C=O) groups is 2. The standard InChI is InChI=1S/C31H40N4O5/c1-38-25-12-13-26(29(20-25)39-2)27-21-28(23-8-4-3-5-9-23)35(32-27)30(36)22-34(31(37)24-10-6-7-11-24)15-14-33-16-18-40-19-17-33/h3-5,8-9,12-13,20,24,28H,6-7,10-11,14-19,21-22H2,1-2H3/t28-/m0/s1. The molecular formula is C31H40N4O5. The first-order chi connectivity index (χ1) is 19.6. The van der Waals surface area contributed by atoms with Crippen molar-refractivity contribution in [3.05, 3.63) is 59.7 Å². The molecule has 2 aromatic rings. The number of hydrazone groups is 1. The molecule has 2 fully saturated rings. The van der Waals surface area contributed by atoms with Gasteiger partial charge in [-0.05, 0) is 30.5 Å². The van der Waals surface area contributed by atoms with Crippen LogP contribution in [-0.4, -0.2) is 92.5 Å². The summed E-state index contributed by atoms with van der Waals surface area (Å²) in [5.74, 6) is 1.25. The Morgan fingerprint density at radius 3 is 2.48 bits per heavy atom. The zero-order valence-electron chi connectivity index (χ0n) is 23.6. The van der Waals surface area contributed by atoms with E-state index in [-0.39, 0.29) is 30.3 Å². The lowest BCUT2D eigenvalue weighted by Crippen LogP contribution is -2.47. The van der Waals surface area contributed by atoms with Crippen molar-refractivity contribution in [1.29, 1.82) is 0 Å². The largest absolute Gasteiger partial charge is 0.497 e. The summed E-state index contributed by atoms with van der Waals surface area (Å²) in [7, 11) is 3.23. The van der Waals surface area contributed by atoms with E-state index in [4.69, 9.17) is 19.3 Å². The molecule has 0 aromatic heterocycles. The maximum Gasteiger partial charge on any atom is 0.262 e. The van der Waals surface area contributed by atoms with Crippen molar-refractivity contribution in [3.63, 3.8) is 0 Å².